The maximum absolute atomic E-state index is 12.4. The molecule has 0 aromatic rings. The molecular formula is C22H32O8. The zero-order chi connectivity index (χ0) is 22.1. The Kier molecular flexibility index (Phi) is 5.09. The molecule has 0 aromatic heterocycles. The van der Waals surface area contributed by atoms with E-state index >= 15 is 0 Å². The van der Waals surface area contributed by atoms with Gasteiger partial charge in [-0.15, -0.1) is 0 Å². The van der Waals surface area contributed by atoms with Gasteiger partial charge in [0.1, 0.15) is 30.5 Å². The molecule has 4 rings (SSSR count). The van der Waals surface area contributed by atoms with Gasteiger partial charge >= 0.3 is 11.9 Å². The van der Waals surface area contributed by atoms with Crippen LogP contribution < -0.4 is 0 Å². The highest BCUT2D eigenvalue weighted by Gasteiger charge is 2.85. The van der Waals surface area contributed by atoms with Gasteiger partial charge in [0, 0.05) is 30.6 Å². The number of aliphatic hydroxyl groups is 2. The van der Waals surface area contributed by atoms with Gasteiger partial charge in [-0.25, -0.2) is 0 Å². The van der Waals surface area contributed by atoms with Crippen LogP contribution in [0, 0.1) is 16.7 Å². The summed E-state index contributed by atoms with van der Waals surface area (Å²) in [7, 11) is 0. The van der Waals surface area contributed by atoms with E-state index in [9.17, 15) is 19.8 Å². The molecule has 1 spiro atoms. The molecule has 2 aliphatic carbocycles. The lowest BCUT2D eigenvalue weighted by molar-refractivity contribution is -0.239. The maximum atomic E-state index is 12.4. The number of hydrogen-bond donors (Lipinski definition) is 2. The first-order chi connectivity index (χ1) is 14.0. The van der Waals surface area contributed by atoms with Crippen molar-refractivity contribution < 1.29 is 38.7 Å². The minimum atomic E-state index is -1.13. The largest absolute Gasteiger partial charge is 0.465 e. The summed E-state index contributed by atoms with van der Waals surface area (Å²) in [5.41, 5.74) is -1.89. The molecule has 30 heavy (non-hydrogen) atoms. The molecule has 0 aromatic carbocycles. The number of carbonyl (C=O) groups excluding carboxylic acids is 2. The molecule has 8 heteroatoms. The van der Waals surface area contributed by atoms with Crippen molar-refractivity contribution >= 4 is 11.9 Å². The predicted octanol–water partition coefficient (Wildman–Crippen LogP) is 1.12. The molecule has 2 heterocycles. The molecule has 3 fully saturated rings. The number of aliphatic hydroxyl groups excluding tert-OH is 2. The van der Waals surface area contributed by atoms with Gasteiger partial charge < -0.3 is 29.2 Å². The van der Waals surface area contributed by atoms with Crippen molar-refractivity contribution in [1.82, 2.24) is 0 Å². The first-order valence-electron chi connectivity index (χ1n) is 10.7. The van der Waals surface area contributed by atoms with Crippen LogP contribution in [0.5, 0.6) is 0 Å². The fraction of sp³-hybridized carbons (Fsp3) is 0.818. The molecule has 4 aliphatic rings. The minimum absolute atomic E-state index is 0.0346. The topological polar surface area (TPSA) is 115 Å². The summed E-state index contributed by atoms with van der Waals surface area (Å²) in [5.74, 6) is -0.584. The third-order valence-corrected chi connectivity index (χ3v) is 7.74. The van der Waals surface area contributed by atoms with Crippen LogP contribution in [0.4, 0.5) is 0 Å². The number of rotatable bonds is 5. The zero-order valence-corrected chi connectivity index (χ0v) is 18.2. The molecule has 0 radical (unpaired) electrons. The van der Waals surface area contributed by atoms with E-state index in [1.165, 1.54) is 6.92 Å². The summed E-state index contributed by atoms with van der Waals surface area (Å²) in [6.07, 6.45) is -1.50. The molecule has 2 aliphatic heterocycles. The van der Waals surface area contributed by atoms with Crippen LogP contribution >= 0.6 is 0 Å². The SMILES string of the molecule is CC(=O)OC[C@]12C[C@H](OC(=O)CC(C)C)C(C)=C[C@H]1O[C@H]1[C@H](O)[C@@H](O)[C@@]2(C)[C@]12CO2. The van der Waals surface area contributed by atoms with Gasteiger partial charge in [-0.2, -0.15) is 0 Å². The Morgan fingerprint density at radius 2 is 2.00 bits per heavy atom. The van der Waals surface area contributed by atoms with Crippen molar-refractivity contribution in [3.8, 4) is 0 Å². The smallest absolute Gasteiger partial charge is 0.306 e. The number of carbonyl (C=O) groups is 2. The normalized spacial score (nSPS) is 46.4. The lowest BCUT2D eigenvalue weighted by Crippen LogP contribution is -2.67. The quantitative estimate of drug-likeness (QED) is 0.383. The van der Waals surface area contributed by atoms with Crippen LogP contribution in [-0.2, 0) is 28.5 Å². The van der Waals surface area contributed by atoms with Crippen molar-refractivity contribution in [3.63, 3.8) is 0 Å². The van der Waals surface area contributed by atoms with Crippen molar-refractivity contribution in [2.24, 2.45) is 16.7 Å². The summed E-state index contributed by atoms with van der Waals surface area (Å²) in [6, 6.07) is 0. The van der Waals surface area contributed by atoms with Gasteiger partial charge in [-0.3, -0.25) is 9.59 Å². The molecule has 168 valence electrons. The molecule has 0 unspecified atom stereocenters. The fourth-order valence-electron chi connectivity index (χ4n) is 5.92. The second-order valence-corrected chi connectivity index (χ2v) is 9.92. The van der Waals surface area contributed by atoms with Crippen LogP contribution in [-0.4, -0.2) is 71.5 Å². The first-order valence-corrected chi connectivity index (χ1v) is 10.7. The molecule has 2 N–H and O–H groups in total. The Morgan fingerprint density at radius 1 is 1.33 bits per heavy atom. The van der Waals surface area contributed by atoms with E-state index in [2.05, 4.69) is 0 Å². The second kappa shape index (κ2) is 7.02. The van der Waals surface area contributed by atoms with Crippen molar-refractivity contribution in [1.29, 1.82) is 0 Å². The number of esters is 2. The lowest BCUT2D eigenvalue weighted by atomic mass is 9.51. The molecule has 0 amide bonds. The van der Waals surface area contributed by atoms with Crippen LogP contribution in [0.2, 0.25) is 0 Å². The Morgan fingerprint density at radius 3 is 2.57 bits per heavy atom. The monoisotopic (exact) mass is 424 g/mol. The summed E-state index contributed by atoms with van der Waals surface area (Å²) >= 11 is 0. The second-order valence-electron chi connectivity index (χ2n) is 9.92. The fourth-order valence-corrected chi connectivity index (χ4v) is 5.92. The van der Waals surface area contributed by atoms with Crippen LogP contribution in [0.25, 0.3) is 0 Å². The molecule has 1 saturated carbocycles. The highest BCUT2D eigenvalue weighted by molar-refractivity contribution is 5.70. The molecular weight excluding hydrogens is 392 g/mol. The van der Waals surface area contributed by atoms with Gasteiger partial charge in [0.05, 0.1) is 18.8 Å². The van der Waals surface area contributed by atoms with E-state index in [4.69, 9.17) is 18.9 Å². The van der Waals surface area contributed by atoms with E-state index in [1.54, 1.807) is 0 Å². The van der Waals surface area contributed by atoms with Crippen molar-refractivity contribution in [2.45, 2.75) is 83.6 Å². The summed E-state index contributed by atoms with van der Waals surface area (Å²) in [4.78, 5) is 24.1. The van der Waals surface area contributed by atoms with Crippen LogP contribution in [0.15, 0.2) is 11.6 Å². The minimum Gasteiger partial charge on any atom is -0.465 e. The van der Waals surface area contributed by atoms with E-state index in [1.807, 2.05) is 33.8 Å². The molecule has 2 saturated heterocycles. The third-order valence-electron chi connectivity index (χ3n) is 7.74. The molecule has 8 atom stereocenters. The third kappa shape index (κ3) is 2.80. The summed E-state index contributed by atoms with van der Waals surface area (Å²) < 4.78 is 23.4. The van der Waals surface area contributed by atoms with Crippen molar-refractivity contribution in [3.05, 3.63) is 11.6 Å². The van der Waals surface area contributed by atoms with Crippen molar-refractivity contribution in [2.75, 3.05) is 13.2 Å². The van der Waals surface area contributed by atoms with Gasteiger partial charge in [-0.1, -0.05) is 26.8 Å². The predicted molar refractivity (Wildman–Crippen MR) is 104 cm³/mol. The Bertz CT molecular complexity index is 771. The lowest BCUT2D eigenvalue weighted by Gasteiger charge is -2.58. The van der Waals surface area contributed by atoms with Gasteiger partial charge in [0.25, 0.3) is 0 Å². The number of epoxide rings is 1. The molecule has 2 bridgehead atoms. The maximum Gasteiger partial charge on any atom is 0.306 e. The average molecular weight is 424 g/mol. The summed E-state index contributed by atoms with van der Waals surface area (Å²) in [5, 5.41) is 21.9. The Hall–Kier alpha value is -1.48. The number of hydrogen-bond acceptors (Lipinski definition) is 8. The molecule has 8 nitrogen and oxygen atoms in total. The zero-order valence-electron chi connectivity index (χ0n) is 18.2. The average Bonchev–Trinajstić information content (AvgIpc) is 3.43. The van der Waals surface area contributed by atoms with E-state index in [0.717, 1.165) is 5.57 Å². The Balaban J connectivity index is 1.75. The van der Waals surface area contributed by atoms with Crippen LogP contribution in [0.3, 0.4) is 0 Å². The standard InChI is InChI=1S/C22H32O8/c1-11(2)6-16(24)29-14-8-21(9-27-13(4)23)15(7-12(14)3)30-19-17(25)18(26)20(21,5)22(19)10-28-22/h7,11,14-15,17-19,25-26H,6,8-10H2,1-5H3/t14-,15+,17+,18+,19-,20+,21+,22-/m0/s1. The van der Waals surface area contributed by atoms with E-state index < -0.39 is 52.9 Å². The highest BCUT2D eigenvalue weighted by atomic mass is 16.6. The van der Waals surface area contributed by atoms with E-state index in [0.29, 0.717) is 19.4 Å². The Labute approximate surface area is 176 Å². The van der Waals surface area contributed by atoms with Gasteiger partial charge in [0.2, 0.25) is 0 Å². The van der Waals surface area contributed by atoms with E-state index in [-0.39, 0.29) is 18.5 Å². The van der Waals surface area contributed by atoms with Gasteiger partial charge in [-0.05, 0) is 18.4 Å². The van der Waals surface area contributed by atoms with Crippen LogP contribution in [0.1, 0.15) is 47.5 Å². The highest BCUT2D eigenvalue weighted by Crippen LogP contribution is 2.71. The number of ether oxygens (including phenoxy) is 4. The summed E-state index contributed by atoms with van der Waals surface area (Å²) in [6.45, 7) is 9.28. The number of fused-ring (bicyclic) bond motifs is 2. The first kappa shape index (κ1) is 21.7. The van der Waals surface area contributed by atoms with Gasteiger partial charge in [0.15, 0.2) is 0 Å².